The summed E-state index contributed by atoms with van der Waals surface area (Å²) in [5.41, 5.74) is 1.17. The summed E-state index contributed by atoms with van der Waals surface area (Å²) in [6, 6.07) is 3.82. The lowest BCUT2D eigenvalue weighted by Gasteiger charge is -1.96. The first-order chi connectivity index (χ1) is 5.74. The highest BCUT2D eigenvalue weighted by Crippen LogP contribution is 2.05. The first-order valence-electron chi connectivity index (χ1n) is 4.21. The minimum atomic E-state index is 0.676. The molecule has 0 fully saturated rings. The quantitative estimate of drug-likeness (QED) is 0.641. The summed E-state index contributed by atoms with van der Waals surface area (Å²) >= 11 is 0. The number of rotatable bonds is 1. The standard InChI is InChI=1S/C7H9NO.C3H8/c1-6-3-4-8-7(5-6)9-2;1-3-2/h3-5H,1-2H3;3H2,1-2H3. The molecular formula is C10H17NO. The minimum absolute atomic E-state index is 0.676. The molecule has 0 spiro atoms. The van der Waals surface area contributed by atoms with Crippen LogP contribution < -0.4 is 4.74 Å². The van der Waals surface area contributed by atoms with Crippen molar-refractivity contribution < 1.29 is 4.74 Å². The SMILES string of the molecule is CCC.COc1cc(C)ccn1. The number of pyridine rings is 1. The maximum Gasteiger partial charge on any atom is 0.213 e. The van der Waals surface area contributed by atoms with E-state index in [2.05, 4.69) is 18.8 Å². The topological polar surface area (TPSA) is 22.1 Å². The van der Waals surface area contributed by atoms with Crippen LogP contribution in [0.1, 0.15) is 25.8 Å². The van der Waals surface area contributed by atoms with E-state index in [4.69, 9.17) is 4.74 Å². The van der Waals surface area contributed by atoms with Crippen LogP contribution >= 0.6 is 0 Å². The Morgan fingerprint density at radius 3 is 2.33 bits per heavy atom. The monoisotopic (exact) mass is 167 g/mol. The van der Waals surface area contributed by atoms with E-state index in [-0.39, 0.29) is 0 Å². The average molecular weight is 167 g/mol. The van der Waals surface area contributed by atoms with Gasteiger partial charge in [0.1, 0.15) is 0 Å². The highest BCUT2D eigenvalue weighted by atomic mass is 16.5. The van der Waals surface area contributed by atoms with Crippen molar-refractivity contribution in [3.05, 3.63) is 23.9 Å². The van der Waals surface area contributed by atoms with Crippen LogP contribution in [0.2, 0.25) is 0 Å². The average Bonchev–Trinajstić information content (AvgIpc) is 2.06. The fourth-order valence-electron chi connectivity index (χ4n) is 0.620. The Hall–Kier alpha value is -1.05. The Bertz CT molecular complexity index is 211. The summed E-state index contributed by atoms with van der Waals surface area (Å²) in [5, 5.41) is 0. The zero-order chi connectivity index (χ0) is 9.40. The molecule has 0 aliphatic carbocycles. The van der Waals surface area contributed by atoms with Gasteiger partial charge in [0.05, 0.1) is 7.11 Å². The third-order valence-corrected chi connectivity index (χ3v) is 1.10. The van der Waals surface area contributed by atoms with Crippen molar-refractivity contribution in [2.24, 2.45) is 0 Å². The van der Waals surface area contributed by atoms with Gasteiger partial charge in [0.15, 0.2) is 0 Å². The van der Waals surface area contributed by atoms with Gasteiger partial charge in [0, 0.05) is 12.3 Å². The van der Waals surface area contributed by atoms with Crippen molar-refractivity contribution >= 4 is 0 Å². The molecule has 0 bridgehead atoms. The molecule has 12 heavy (non-hydrogen) atoms. The largest absolute Gasteiger partial charge is 0.481 e. The molecule has 1 heterocycles. The normalized spacial score (nSPS) is 8.33. The zero-order valence-corrected chi connectivity index (χ0v) is 8.29. The molecule has 0 N–H and O–H groups in total. The molecule has 68 valence electrons. The second-order valence-electron chi connectivity index (χ2n) is 2.58. The van der Waals surface area contributed by atoms with Gasteiger partial charge >= 0.3 is 0 Å². The molecule has 1 aromatic rings. The number of nitrogens with zero attached hydrogens (tertiary/aromatic N) is 1. The lowest BCUT2D eigenvalue weighted by atomic mass is 10.3. The first-order valence-corrected chi connectivity index (χ1v) is 4.21. The summed E-state index contributed by atoms with van der Waals surface area (Å²) in [4.78, 5) is 3.94. The summed E-state index contributed by atoms with van der Waals surface area (Å²) in [7, 11) is 1.61. The van der Waals surface area contributed by atoms with Crippen LogP contribution in [0.15, 0.2) is 18.3 Å². The fourth-order valence-corrected chi connectivity index (χ4v) is 0.620. The summed E-state index contributed by atoms with van der Waals surface area (Å²) in [6.07, 6.45) is 2.98. The summed E-state index contributed by atoms with van der Waals surface area (Å²) < 4.78 is 4.88. The molecule has 2 heteroatoms. The van der Waals surface area contributed by atoms with Gasteiger partial charge in [-0.3, -0.25) is 0 Å². The Morgan fingerprint density at radius 1 is 1.42 bits per heavy atom. The number of aryl methyl sites for hydroxylation is 1. The van der Waals surface area contributed by atoms with Crippen LogP contribution in [0.25, 0.3) is 0 Å². The minimum Gasteiger partial charge on any atom is -0.481 e. The van der Waals surface area contributed by atoms with E-state index < -0.39 is 0 Å². The van der Waals surface area contributed by atoms with Crippen molar-refractivity contribution in [1.82, 2.24) is 4.98 Å². The van der Waals surface area contributed by atoms with E-state index in [0.29, 0.717) is 5.88 Å². The lowest BCUT2D eigenvalue weighted by Crippen LogP contribution is -1.85. The van der Waals surface area contributed by atoms with E-state index >= 15 is 0 Å². The Kier molecular flexibility index (Phi) is 6.07. The highest BCUT2D eigenvalue weighted by molar-refractivity contribution is 5.18. The number of ether oxygens (including phenoxy) is 1. The molecule has 1 rings (SSSR count). The second-order valence-corrected chi connectivity index (χ2v) is 2.58. The fraction of sp³-hybridized carbons (Fsp3) is 0.500. The lowest BCUT2D eigenvalue weighted by molar-refractivity contribution is 0.397. The number of aromatic nitrogens is 1. The Balaban J connectivity index is 0.000000354. The van der Waals surface area contributed by atoms with Crippen LogP contribution in [0.4, 0.5) is 0 Å². The van der Waals surface area contributed by atoms with Gasteiger partial charge in [0.2, 0.25) is 5.88 Å². The molecule has 0 saturated carbocycles. The number of hydrogen-bond donors (Lipinski definition) is 0. The predicted octanol–water partition coefficient (Wildman–Crippen LogP) is 2.81. The zero-order valence-electron chi connectivity index (χ0n) is 8.29. The van der Waals surface area contributed by atoms with Crippen LogP contribution in [-0.4, -0.2) is 12.1 Å². The van der Waals surface area contributed by atoms with Gasteiger partial charge in [-0.25, -0.2) is 4.98 Å². The van der Waals surface area contributed by atoms with Crippen LogP contribution in [-0.2, 0) is 0 Å². The van der Waals surface area contributed by atoms with E-state index in [1.54, 1.807) is 13.3 Å². The first kappa shape index (κ1) is 11.0. The molecule has 0 unspecified atom stereocenters. The summed E-state index contributed by atoms with van der Waals surface area (Å²) in [5.74, 6) is 0.676. The van der Waals surface area contributed by atoms with E-state index in [1.165, 1.54) is 12.0 Å². The van der Waals surface area contributed by atoms with Crippen molar-refractivity contribution in [1.29, 1.82) is 0 Å². The smallest absolute Gasteiger partial charge is 0.213 e. The van der Waals surface area contributed by atoms with Gasteiger partial charge < -0.3 is 4.74 Å². The molecule has 0 saturated heterocycles. The maximum atomic E-state index is 4.88. The van der Waals surface area contributed by atoms with Crippen molar-refractivity contribution in [3.8, 4) is 5.88 Å². The second kappa shape index (κ2) is 6.65. The predicted molar refractivity (Wildman–Crippen MR) is 51.5 cm³/mol. The molecular weight excluding hydrogens is 150 g/mol. The van der Waals surface area contributed by atoms with Gasteiger partial charge in [-0.1, -0.05) is 20.3 Å². The summed E-state index contributed by atoms with van der Waals surface area (Å²) in [6.45, 7) is 6.25. The molecule has 0 radical (unpaired) electrons. The van der Waals surface area contributed by atoms with E-state index in [0.717, 1.165) is 0 Å². The van der Waals surface area contributed by atoms with Crippen molar-refractivity contribution in [2.45, 2.75) is 27.2 Å². The van der Waals surface area contributed by atoms with Crippen LogP contribution in [0.5, 0.6) is 5.88 Å². The van der Waals surface area contributed by atoms with Crippen LogP contribution in [0, 0.1) is 6.92 Å². The van der Waals surface area contributed by atoms with Gasteiger partial charge in [-0.15, -0.1) is 0 Å². The van der Waals surface area contributed by atoms with Gasteiger partial charge in [0.25, 0.3) is 0 Å². The van der Waals surface area contributed by atoms with E-state index in [1.807, 2.05) is 19.1 Å². The maximum absolute atomic E-state index is 4.88. The molecule has 0 aliphatic heterocycles. The third-order valence-electron chi connectivity index (χ3n) is 1.10. The van der Waals surface area contributed by atoms with Crippen LogP contribution in [0.3, 0.4) is 0 Å². The number of methoxy groups -OCH3 is 1. The molecule has 0 aliphatic rings. The molecule has 0 amide bonds. The van der Waals surface area contributed by atoms with Gasteiger partial charge in [-0.2, -0.15) is 0 Å². The molecule has 0 atom stereocenters. The van der Waals surface area contributed by atoms with Crippen molar-refractivity contribution in [2.75, 3.05) is 7.11 Å². The third kappa shape index (κ3) is 4.72. The van der Waals surface area contributed by atoms with Gasteiger partial charge in [-0.05, 0) is 18.6 Å². The van der Waals surface area contributed by atoms with Crippen molar-refractivity contribution in [3.63, 3.8) is 0 Å². The van der Waals surface area contributed by atoms with E-state index in [9.17, 15) is 0 Å². The molecule has 0 aromatic carbocycles. The molecule has 2 nitrogen and oxygen atoms in total. The Morgan fingerprint density at radius 2 is 2.00 bits per heavy atom. The molecule has 1 aromatic heterocycles. The highest BCUT2D eigenvalue weighted by Gasteiger charge is 1.88. The Labute approximate surface area is 74.6 Å². The number of hydrogen-bond acceptors (Lipinski definition) is 2.